The second-order valence-corrected chi connectivity index (χ2v) is 4.05. The maximum atomic E-state index is 4.91. The van der Waals surface area contributed by atoms with Crippen LogP contribution in [-0.2, 0) is 0 Å². The van der Waals surface area contributed by atoms with Crippen molar-refractivity contribution in [3.05, 3.63) is 27.8 Å². The van der Waals surface area contributed by atoms with Crippen molar-refractivity contribution < 1.29 is 0 Å². The van der Waals surface area contributed by atoms with Crippen LogP contribution < -0.4 is 5.32 Å². The smallest absolute Gasteiger partial charge is 0.0765 e. The first-order chi connectivity index (χ1) is 5.18. The molecule has 0 spiro atoms. The first-order valence-corrected chi connectivity index (χ1v) is 4.70. The molecule has 1 rings (SSSR count). The van der Waals surface area contributed by atoms with Gasteiger partial charge in [0.2, 0.25) is 0 Å². The van der Waals surface area contributed by atoms with Gasteiger partial charge in [-0.15, -0.1) is 0 Å². The van der Waals surface area contributed by atoms with E-state index in [4.69, 9.17) is 12.2 Å². The van der Waals surface area contributed by atoms with Gasteiger partial charge in [-0.3, -0.25) is 0 Å². The zero-order chi connectivity index (χ0) is 8.27. The summed E-state index contributed by atoms with van der Waals surface area (Å²) in [5.41, 5.74) is 1.06. The van der Waals surface area contributed by atoms with Crippen molar-refractivity contribution in [1.82, 2.24) is 0 Å². The molecule has 0 aromatic heterocycles. The standard InChI is InChI=1S/C8H8INS/c1-6(11)10-8-4-2-3-7(9)5-8/h2-5H,1H3,(H,10,11). The van der Waals surface area contributed by atoms with E-state index >= 15 is 0 Å². The highest BCUT2D eigenvalue weighted by molar-refractivity contribution is 14.1. The van der Waals surface area contributed by atoms with Gasteiger partial charge in [0, 0.05) is 9.26 Å². The quantitative estimate of drug-likeness (QED) is 0.625. The number of hydrogen-bond acceptors (Lipinski definition) is 1. The molecule has 0 saturated heterocycles. The van der Waals surface area contributed by atoms with Gasteiger partial charge in [0.15, 0.2) is 0 Å². The van der Waals surface area contributed by atoms with Crippen molar-refractivity contribution in [2.75, 3.05) is 5.32 Å². The van der Waals surface area contributed by atoms with Crippen molar-refractivity contribution >= 4 is 45.5 Å². The van der Waals surface area contributed by atoms with Crippen LogP contribution in [-0.4, -0.2) is 4.99 Å². The molecule has 0 saturated carbocycles. The summed E-state index contributed by atoms with van der Waals surface area (Å²) in [5.74, 6) is 0. The highest BCUT2D eigenvalue weighted by atomic mass is 127. The van der Waals surface area contributed by atoms with Crippen LogP contribution in [0.3, 0.4) is 0 Å². The van der Waals surface area contributed by atoms with E-state index in [9.17, 15) is 0 Å². The van der Waals surface area contributed by atoms with Gasteiger partial charge >= 0.3 is 0 Å². The second kappa shape index (κ2) is 4.01. The van der Waals surface area contributed by atoms with Crippen molar-refractivity contribution in [3.63, 3.8) is 0 Å². The van der Waals surface area contributed by atoms with Crippen LogP contribution in [0.2, 0.25) is 0 Å². The van der Waals surface area contributed by atoms with Crippen molar-refractivity contribution in [3.8, 4) is 0 Å². The fraction of sp³-hybridized carbons (Fsp3) is 0.125. The fourth-order valence-corrected chi connectivity index (χ4v) is 1.43. The third-order valence-electron chi connectivity index (χ3n) is 1.14. The summed E-state index contributed by atoms with van der Waals surface area (Å²) in [5, 5.41) is 3.07. The van der Waals surface area contributed by atoms with E-state index in [1.54, 1.807) is 0 Å². The normalized spacial score (nSPS) is 9.27. The lowest BCUT2D eigenvalue weighted by Gasteiger charge is -2.02. The van der Waals surface area contributed by atoms with E-state index in [0.29, 0.717) is 0 Å². The maximum absolute atomic E-state index is 4.91. The minimum Gasteiger partial charge on any atom is -0.350 e. The lowest BCUT2D eigenvalue weighted by molar-refractivity contribution is 1.60. The number of benzene rings is 1. The van der Waals surface area contributed by atoms with Crippen LogP contribution in [0.15, 0.2) is 24.3 Å². The number of anilines is 1. The molecule has 1 aromatic carbocycles. The van der Waals surface area contributed by atoms with Gasteiger partial charge in [0.25, 0.3) is 0 Å². The summed E-state index contributed by atoms with van der Waals surface area (Å²) in [6, 6.07) is 8.10. The predicted molar refractivity (Wildman–Crippen MR) is 61.1 cm³/mol. The van der Waals surface area contributed by atoms with E-state index in [1.165, 1.54) is 3.57 Å². The molecule has 3 heteroatoms. The molecule has 0 aliphatic carbocycles. The van der Waals surface area contributed by atoms with Gasteiger partial charge in [0.05, 0.1) is 4.99 Å². The zero-order valence-corrected chi connectivity index (χ0v) is 9.07. The Labute approximate surface area is 85.3 Å². The summed E-state index contributed by atoms with van der Waals surface area (Å²) in [6.45, 7) is 1.87. The van der Waals surface area contributed by atoms with Crippen LogP contribution in [0.25, 0.3) is 0 Å². The predicted octanol–water partition coefficient (Wildman–Crippen LogP) is 3.05. The van der Waals surface area contributed by atoms with Crippen molar-refractivity contribution in [2.24, 2.45) is 0 Å². The van der Waals surface area contributed by atoms with Gasteiger partial charge in [-0.1, -0.05) is 18.3 Å². The average molecular weight is 277 g/mol. The van der Waals surface area contributed by atoms with Gasteiger partial charge in [-0.05, 0) is 47.7 Å². The molecule has 0 heterocycles. The Bertz CT molecular complexity index is 273. The molecule has 0 aliphatic rings. The molecule has 1 aromatic rings. The summed E-state index contributed by atoms with van der Waals surface area (Å²) in [6.07, 6.45) is 0. The second-order valence-electron chi connectivity index (χ2n) is 2.19. The van der Waals surface area contributed by atoms with Gasteiger partial charge in [0.1, 0.15) is 0 Å². The molecule has 11 heavy (non-hydrogen) atoms. The summed E-state index contributed by atoms with van der Waals surface area (Å²) >= 11 is 7.18. The monoisotopic (exact) mass is 277 g/mol. The molecule has 0 amide bonds. The maximum Gasteiger partial charge on any atom is 0.0765 e. The van der Waals surface area contributed by atoms with Crippen molar-refractivity contribution in [2.45, 2.75) is 6.92 Å². The zero-order valence-electron chi connectivity index (χ0n) is 6.10. The number of rotatable bonds is 1. The Morgan fingerprint density at radius 3 is 2.82 bits per heavy atom. The fourth-order valence-electron chi connectivity index (χ4n) is 0.769. The number of thiocarbonyl (C=S) groups is 1. The molecular formula is C8H8INS. The van der Waals surface area contributed by atoms with Crippen molar-refractivity contribution in [1.29, 1.82) is 0 Å². The molecule has 0 atom stereocenters. The highest BCUT2D eigenvalue weighted by Crippen LogP contribution is 2.11. The summed E-state index contributed by atoms with van der Waals surface area (Å²) in [4.78, 5) is 0.798. The van der Waals surface area contributed by atoms with E-state index < -0.39 is 0 Å². The molecule has 0 radical (unpaired) electrons. The Kier molecular flexibility index (Phi) is 3.26. The Balaban J connectivity index is 2.79. The molecule has 58 valence electrons. The van der Waals surface area contributed by atoms with Crippen LogP contribution in [0.1, 0.15) is 6.92 Å². The van der Waals surface area contributed by atoms with Gasteiger partial charge in [-0.25, -0.2) is 0 Å². The third kappa shape index (κ3) is 3.16. The Hall–Kier alpha value is -0.160. The van der Waals surface area contributed by atoms with Crippen LogP contribution in [0.4, 0.5) is 5.69 Å². The highest BCUT2D eigenvalue weighted by Gasteiger charge is 1.91. The Morgan fingerprint density at radius 2 is 2.27 bits per heavy atom. The largest absolute Gasteiger partial charge is 0.350 e. The topological polar surface area (TPSA) is 12.0 Å². The SMILES string of the molecule is CC(=S)Nc1cccc(I)c1. The summed E-state index contributed by atoms with van der Waals surface area (Å²) < 4.78 is 1.21. The van der Waals surface area contributed by atoms with Crippen LogP contribution >= 0.6 is 34.8 Å². The van der Waals surface area contributed by atoms with E-state index in [-0.39, 0.29) is 0 Å². The molecular weight excluding hydrogens is 269 g/mol. The van der Waals surface area contributed by atoms with E-state index in [1.807, 2.05) is 25.1 Å². The summed E-state index contributed by atoms with van der Waals surface area (Å²) in [7, 11) is 0. The number of nitrogens with one attached hydrogen (secondary N) is 1. The van der Waals surface area contributed by atoms with Gasteiger partial charge in [-0.2, -0.15) is 0 Å². The van der Waals surface area contributed by atoms with E-state index in [2.05, 4.69) is 34.0 Å². The molecule has 0 aliphatic heterocycles. The molecule has 1 nitrogen and oxygen atoms in total. The van der Waals surface area contributed by atoms with Crippen LogP contribution in [0.5, 0.6) is 0 Å². The van der Waals surface area contributed by atoms with Crippen LogP contribution in [0, 0.1) is 3.57 Å². The number of hydrogen-bond donors (Lipinski definition) is 1. The first kappa shape index (κ1) is 8.93. The first-order valence-electron chi connectivity index (χ1n) is 3.21. The molecule has 0 bridgehead atoms. The lowest BCUT2D eigenvalue weighted by Crippen LogP contribution is -2.02. The molecule has 0 unspecified atom stereocenters. The third-order valence-corrected chi connectivity index (χ3v) is 1.92. The van der Waals surface area contributed by atoms with E-state index in [0.717, 1.165) is 10.7 Å². The Morgan fingerprint density at radius 1 is 1.55 bits per heavy atom. The van der Waals surface area contributed by atoms with Gasteiger partial charge < -0.3 is 5.32 Å². The average Bonchev–Trinajstić information content (AvgIpc) is 1.85. The molecule has 0 fully saturated rings. The minimum absolute atomic E-state index is 0.798. The number of halogens is 1. The lowest BCUT2D eigenvalue weighted by atomic mass is 10.3. The minimum atomic E-state index is 0.798. The molecule has 1 N–H and O–H groups in total.